The molecular formula is C19H24O3. The Bertz CT molecular complexity index is 515. The first-order valence-electron chi connectivity index (χ1n) is 7.61. The average molecular weight is 300 g/mol. The van der Waals surface area contributed by atoms with Crippen LogP contribution in [-0.4, -0.2) is 18.9 Å². The molecular weight excluding hydrogens is 276 g/mol. The maximum Gasteiger partial charge on any atom is 0.330 e. The van der Waals surface area contributed by atoms with E-state index < -0.39 is 0 Å². The first kappa shape index (κ1) is 17.9. The molecule has 22 heavy (non-hydrogen) atoms. The summed E-state index contributed by atoms with van der Waals surface area (Å²) in [6.07, 6.45) is 9.83. The maximum absolute atomic E-state index is 11.8. The lowest BCUT2D eigenvalue weighted by Gasteiger charge is -2.03. The summed E-state index contributed by atoms with van der Waals surface area (Å²) < 4.78 is 4.52. The van der Waals surface area contributed by atoms with Crippen LogP contribution >= 0.6 is 0 Å². The average Bonchev–Trinajstić information content (AvgIpc) is 2.55. The maximum atomic E-state index is 11.8. The van der Waals surface area contributed by atoms with Crippen LogP contribution in [0.4, 0.5) is 0 Å². The van der Waals surface area contributed by atoms with E-state index in [1.54, 1.807) is 12.2 Å². The minimum atomic E-state index is -0.362. The number of carbonyl (C=O) groups excluding carboxylic acids is 2. The second-order valence-electron chi connectivity index (χ2n) is 5.29. The summed E-state index contributed by atoms with van der Waals surface area (Å²) in [5.41, 5.74) is 1.28. The van der Waals surface area contributed by atoms with Gasteiger partial charge in [-0.05, 0) is 36.8 Å². The zero-order chi connectivity index (χ0) is 16.2. The molecule has 0 saturated heterocycles. The van der Waals surface area contributed by atoms with Crippen molar-refractivity contribution < 1.29 is 14.3 Å². The monoisotopic (exact) mass is 300 g/mol. The first-order valence-corrected chi connectivity index (χ1v) is 7.61. The number of rotatable bonds is 9. The quantitative estimate of drug-likeness (QED) is 0.513. The van der Waals surface area contributed by atoms with Crippen LogP contribution in [0.5, 0.6) is 0 Å². The number of carbonyl (C=O) groups is 2. The molecule has 0 heterocycles. The van der Waals surface area contributed by atoms with Crippen molar-refractivity contribution in [1.82, 2.24) is 0 Å². The Morgan fingerprint density at radius 3 is 2.59 bits per heavy atom. The van der Waals surface area contributed by atoms with Crippen LogP contribution < -0.4 is 0 Å². The van der Waals surface area contributed by atoms with Gasteiger partial charge in [0.25, 0.3) is 0 Å². The van der Waals surface area contributed by atoms with Gasteiger partial charge in [0.05, 0.1) is 7.11 Å². The standard InChI is InChI=1S/C19H24O3/c1-16(13-15-19(21)22-2)12-14-18(20)11-7-6-10-17-8-4-3-5-9-17/h3-5,7-9,11,13,15-16H,6,10,12,14H2,1-2H3/b11-7+,15-13+/t16-/m0/s1. The van der Waals surface area contributed by atoms with E-state index in [1.165, 1.54) is 18.7 Å². The summed E-state index contributed by atoms with van der Waals surface area (Å²) >= 11 is 0. The van der Waals surface area contributed by atoms with Gasteiger partial charge in [-0.3, -0.25) is 4.79 Å². The fraction of sp³-hybridized carbons (Fsp3) is 0.368. The van der Waals surface area contributed by atoms with Crippen molar-refractivity contribution in [1.29, 1.82) is 0 Å². The highest BCUT2D eigenvalue weighted by Crippen LogP contribution is 2.09. The van der Waals surface area contributed by atoms with Crippen molar-refractivity contribution >= 4 is 11.8 Å². The summed E-state index contributed by atoms with van der Waals surface area (Å²) in [5.74, 6) is -0.0499. The number of allylic oxidation sites excluding steroid dienone is 3. The van der Waals surface area contributed by atoms with Crippen molar-refractivity contribution in [3.63, 3.8) is 0 Å². The Hall–Kier alpha value is -2.16. The summed E-state index contributed by atoms with van der Waals surface area (Å²) in [7, 11) is 1.35. The van der Waals surface area contributed by atoms with E-state index in [9.17, 15) is 9.59 Å². The molecule has 0 bridgehead atoms. The van der Waals surface area contributed by atoms with Gasteiger partial charge < -0.3 is 4.74 Å². The van der Waals surface area contributed by atoms with E-state index in [0.29, 0.717) is 6.42 Å². The van der Waals surface area contributed by atoms with E-state index >= 15 is 0 Å². The van der Waals surface area contributed by atoms with E-state index in [2.05, 4.69) is 16.9 Å². The Kier molecular flexibility index (Phi) is 8.58. The lowest BCUT2D eigenvalue weighted by molar-refractivity contribution is -0.134. The molecule has 0 aliphatic rings. The van der Waals surface area contributed by atoms with Crippen LogP contribution in [0.25, 0.3) is 0 Å². The largest absolute Gasteiger partial charge is 0.466 e. The summed E-state index contributed by atoms with van der Waals surface area (Å²) in [4.78, 5) is 22.7. The number of methoxy groups -OCH3 is 1. The molecule has 0 radical (unpaired) electrons. The van der Waals surface area contributed by atoms with Gasteiger partial charge in [-0.15, -0.1) is 0 Å². The van der Waals surface area contributed by atoms with E-state index in [-0.39, 0.29) is 17.7 Å². The van der Waals surface area contributed by atoms with Gasteiger partial charge in [0, 0.05) is 12.5 Å². The van der Waals surface area contributed by atoms with Gasteiger partial charge in [-0.2, -0.15) is 0 Å². The lowest BCUT2D eigenvalue weighted by Crippen LogP contribution is -2.00. The molecule has 0 amide bonds. The summed E-state index contributed by atoms with van der Waals surface area (Å²) in [6.45, 7) is 1.98. The SMILES string of the molecule is COC(=O)/C=C/[C@@H](C)CCC(=O)/C=C/CCc1ccccc1. The second-order valence-corrected chi connectivity index (χ2v) is 5.29. The molecule has 1 rings (SSSR count). The van der Waals surface area contributed by atoms with Crippen molar-refractivity contribution in [2.24, 2.45) is 5.92 Å². The molecule has 0 unspecified atom stereocenters. The molecule has 0 saturated carbocycles. The minimum absolute atomic E-state index is 0.131. The minimum Gasteiger partial charge on any atom is -0.466 e. The third-order valence-corrected chi connectivity index (χ3v) is 3.35. The molecule has 0 fully saturated rings. The Morgan fingerprint density at radius 2 is 1.91 bits per heavy atom. The normalized spacial score (nSPS) is 12.6. The van der Waals surface area contributed by atoms with Crippen LogP contribution in [0.1, 0.15) is 31.7 Å². The van der Waals surface area contributed by atoms with Crippen LogP contribution in [0.15, 0.2) is 54.6 Å². The fourth-order valence-electron chi connectivity index (χ4n) is 1.97. The highest BCUT2D eigenvalue weighted by atomic mass is 16.5. The third-order valence-electron chi connectivity index (χ3n) is 3.35. The van der Waals surface area contributed by atoms with Crippen molar-refractivity contribution in [2.75, 3.05) is 7.11 Å². The number of ketones is 1. The van der Waals surface area contributed by atoms with Crippen LogP contribution in [-0.2, 0) is 20.7 Å². The van der Waals surface area contributed by atoms with E-state index in [1.807, 2.05) is 31.2 Å². The zero-order valence-electron chi connectivity index (χ0n) is 13.3. The summed E-state index contributed by atoms with van der Waals surface area (Å²) in [5, 5.41) is 0. The van der Waals surface area contributed by atoms with Gasteiger partial charge in [0.15, 0.2) is 5.78 Å². The molecule has 3 nitrogen and oxygen atoms in total. The van der Waals surface area contributed by atoms with Gasteiger partial charge in [-0.1, -0.05) is 49.4 Å². The third kappa shape index (κ3) is 8.20. The Morgan fingerprint density at radius 1 is 1.18 bits per heavy atom. The van der Waals surface area contributed by atoms with Gasteiger partial charge in [0.2, 0.25) is 0 Å². The van der Waals surface area contributed by atoms with E-state index in [0.717, 1.165) is 19.3 Å². The van der Waals surface area contributed by atoms with Gasteiger partial charge >= 0.3 is 5.97 Å². The Labute approximate surface area is 132 Å². The predicted octanol–water partition coefficient (Wildman–Crippen LogP) is 3.89. The number of benzene rings is 1. The molecule has 0 aliphatic heterocycles. The number of esters is 1. The first-order chi connectivity index (χ1) is 10.6. The number of hydrogen-bond acceptors (Lipinski definition) is 3. The molecule has 118 valence electrons. The fourth-order valence-corrected chi connectivity index (χ4v) is 1.97. The van der Waals surface area contributed by atoms with Gasteiger partial charge in [0.1, 0.15) is 0 Å². The number of ether oxygens (including phenoxy) is 1. The van der Waals surface area contributed by atoms with Crippen LogP contribution in [0.3, 0.4) is 0 Å². The van der Waals surface area contributed by atoms with E-state index in [4.69, 9.17) is 0 Å². The van der Waals surface area contributed by atoms with Crippen LogP contribution in [0, 0.1) is 5.92 Å². The number of hydrogen-bond donors (Lipinski definition) is 0. The molecule has 0 aromatic heterocycles. The highest BCUT2D eigenvalue weighted by molar-refractivity contribution is 5.89. The second kappa shape index (κ2) is 10.6. The van der Waals surface area contributed by atoms with Crippen molar-refractivity contribution in [3.8, 4) is 0 Å². The highest BCUT2D eigenvalue weighted by Gasteiger charge is 2.02. The van der Waals surface area contributed by atoms with Crippen molar-refractivity contribution in [2.45, 2.75) is 32.6 Å². The van der Waals surface area contributed by atoms with Gasteiger partial charge in [-0.25, -0.2) is 4.79 Å². The zero-order valence-corrected chi connectivity index (χ0v) is 13.3. The molecule has 1 atom stereocenters. The molecule has 0 spiro atoms. The topological polar surface area (TPSA) is 43.4 Å². The lowest BCUT2D eigenvalue weighted by atomic mass is 10.0. The molecule has 3 heteroatoms. The molecule has 1 aromatic carbocycles. The predicted molar refractivity (Wildman–Crippen MR) is 88.5 cm³/mol. The molecule has 1 aromatic rings. The molecule has 0 aliphatic carbocycles. The van der Waals surface area contributed by atoms with Crippen LogP contribution in [0.2, 0.25) is 0 Å². The Balaban J connectivity index is 2.21. The number of aryl methyl sites for hydroxylation is 1. The van der Waals surface area contributed by atoms with Crippen molar-refractivity contribution in [3.05, 3.63) is 60.2 Å². The molecule has 0 N–H and O–H groups in total. The summed E-state index contributed by atoms with van der Waals surface area (Å²) in [6, 6.07) is 10.2. The smallest absolute Gasteiger partial charge is 0.330 e.